The molecule has 2 fully saturated rings. The Bertz CT molecular complexity index is 398. The van der Waals surface area contributed by atoms with E-state index in [4.69, 9.17) is 4.74 Å². The Morgan fingerprint density at radius 3 is 2.57 bits per heavy atom. The largest absolute Gasteiger partial charge is 0.444 e. The predicted octanol–water partition coefficient (Wildman–Crippen LogP) is 2.92. The molecule has 1 aliphatic heterocycles. The van der Waals surface area contributed by atoms with E-state index in [9.17, 15) is 9.90 Å². The van der Waals surface area contributed by atoms with Crippen LogP contribution in [0.4, 0.5) is 4.79 Å². The molecule has 0 radical (unpaired) electrons. The number of hydrogen-bond acceptors (Lipinski definition) is 4. The molecule has 0 spiro atoms. The molecule has 2 aliphatic rings. The molecule has 1 amide bonds. The summed E-state index contributed by atoms with van der Waals surface area (Å²) in [4.78, 5) is 14.1. The molecule has 5 heteroatoms. The molecule has 1 atom stereocenters. The lowest BCUT2D eigenvalue weighted by molar-refractivity contribution is -0.00750. The highest BCUT2D eigenvalue weighted by molar-refractivity contribution is 5.69. The summed E-state index contributed by atoms with van der Waals surface area (Å²) < 4.78 is 5.49. The van der Waals surface area contributed by atoms with Crippen molar-refractivity contribution >= 4 is 6.09 Å². The van der Waals surface area contributed by atoms with Gasteiger partial charge in [0.15, 0.2) is 0 Å². The van der Waals surface area contributed by atoms with Crippen LogP contribution < -0.4 is 5.32 Å². The summed E-state index contributed by atoms with van der Waals surface area (Å²) in [5.74, 6) is 0.729. The van der Waals surface area contributed by atoms with Crippen LogP contribution in [0.1, 0.15) is 66.2 Å². The van der Waals surface area contributed by atoms with E-state index in [1.54, 1.807) is 0 Å². The lowest BCUT2D eigenvalue weighted by Crippen LogP contribution is -2.48. The summed E-state index contributed by atoms with van der Waals surface area (Å²) in [6.45, 7) is 10.1. The van der Waals surface area contributed by atoms with Crippen molar-refractivity contribution in [3.63, 3.8) is 0 Å². The van der Waals surface area contributed by atoms with Gasteiger partial charge >= 0.3 is 6.09 Å². The highest BCUT2D eigenvalue weighted by atomic mass is 16.6. The van der Waals surface area contributed by atoms with E-state index in [0.717, 1.165) is 57.5 Å². The van der Waals surface area contributed by atoms with Crippen LogP contribution in [0.15, 0.2) is 0 Å². The van der Waals surface area contributed by atoms with Gasteiger partial charge in [-0.1, -0.05) is 6.92 Å². The van der Waals surface area contributed by atoms with Gasteiger partial charge < -0.3 is 20.1 Å². The Kier molecular flexibility index (Phi) is 5.95. The molecule has 23 heavy (non-hydrogen) atoms. The normalized spacial score (nSPS) is 32.1. The second-order valence-corrected chi connectivity index (χ2v) is 8.51. The van der Waals surface area contributed by atoms with Crippen LogP contribution in [-0.2, 0) is 4.74 Å². The Hall–Kier alpha value is -0.810. The molecule has 0 aromatic rings. The zero-order valence-electron chi connectivity index (χ0n) is 15.2. The topological polar surface area (TPSA) is 61.8 Å². The summed E-state index contributed by atoms with van der Waals surface area (Å²) in [6, 6.07) is 0.177. The number of carbonyl (C=O) groups is 1. The molecule has 1 unspecified atom stereocenters. The van der Waals surface area contributed by atoms with Gasteiger partial charge in [0.2, 0.25) is 0 Å². The Labute approximate surface area is 140 Å². The Morgan fingerprint density at radius 2 is 1.96 bits per heavy atom. The third-order valence-corrected chi connectivity index (χ3v) is 5.04. The second kappa shape index (κ2) is 7.39. The number of ether oxygens (including phenoxy) is 1. The lowest BCUT2D eigenvalue weighted by Gasteiger charge is -2.36. The van der Waals surface area contributed by atoms with Crippen molar-refractivity contribution in [3.8, 4) is 0 Å². The molecule has 1 saturated carbocycles. The second-order valence-electron chi connectivity index (χ2n) is 8.51. The zero-order valence-corrected chi connectivity index (χ0v) is 15.2. The number of nitrogens with one attached hydrogen (secondary N) is 1. The lowest BCUT2D eigenvalue weighted by atomic mass is 9.79. The van der Waals surface area contributed by atoms with Gasteiger partial charge in [0.25, 0.3) is 0 Å². The fourth-order valence-electron chi connectivity index (χ4n) is 3.56. The van der Waals surface area contributed by atoms with E-state index in [-0.39, 0.29) is 12.1 Å². The first kappa shape index (κ1) is 18.5. The molecule has 2 rings (SSSR count). The van der Waals surface area contributed by atoms with Crippen molar-refractivity contribution in [2.24, 2.45) is 5.92 Å². The highest BCUT2D eigenvalue weighted by Crippen LogP contribution is 2.31. The fourth-order valence-corrected chi connectivity index (χ4v) is 3.56. The number of aliphatic hydroxyl groups is 1. The molecular formula is C18H34N2O3. The van der Waals surface area contributed by atoms with Crippen molar-refractivity contribution < 1.29 is 14.6 Å². The van der Waals surface area contributed by atoms with Crippen molar-refractivity contribution in [2.75, 3.05) is 19.6 Å². The zero-order chi connectivity index (χ0) is 17.1. The van der Waals surface area contributed by atoms with Crippen LogP contribution in [0.2, 0.25) is 0 Å². The molecule has 0 aromatic carbocycles. The van der Waals surface area contributed by atoms with Crippen LogP contribution >= 0.6 is 0 Å². The van der Waals surface area contributed by atoms with Gasteiger partial charge in [-0.3, -0.25) is 0 Å². The number of nitrogens with zero attached hydrogens (tertiary/aromatic N) is 1. The Morgan fingerprint density at radius 1 is 1.30 bits per heavy atom. The van der Waals surface area contributed by atoms with Gasteiger partial charge in [-0.25, -0.2) is 4.79 Å². The summed E-state index contributed by atoms with van der Waals surface area (Å²) in [7, 11) is 0. The molecule has 5 nitrogen and oxygen atoms in total. The van der Waals surface area contributed by atoms with Crippen LogP contribution in [0, 0.1) is 5.92 Å². The molecule has 1 saturated heterocycles. The number of carbonyl (C=O) groups excluding carboxylic acids is 1. The van der Waals surface area contributed by atoms with E-state index >= 15 is 0 Å². The maximum absolute atomic E-state index is 12.3. The molecule has 0 aromatic heterocycles. The number of amides is 1. The quantitative estimate of drug-likeness (QED) is 0.834. The molecule has 2 N–H and O–H groups in total. The minimum Gasteiger partial charge on any atom is -0.444 e. The average molecular weight is 326 g/mol. The summed E-state index contributed by atoms with van der Waals surface area (Å²) >= 11 is 0. The third-order valence-electron chi connectivity index (χ3n) is 5.04. The van der Waals surface area contributed by atoms with Gasteiger partial charge in [0, 0.05) is 25.7 Å². The van der Waals surface area contributed by atoms with Crippen molar-refractivity contribution in [1.82, 2.24) is 10.2 Å². The van der Waals surface area contributed by atoms with Gasteiger partial charge in [-0.15, -0.1) is 0 Å². The summed E-state index contributed by atoms with van der Waals surface area (Å²) in [5, 5.41) is 14.0. The molecular weight excluding hydrogens is 292 g/mol. The van der Waals surface area contributed by atoms with E-state index in [1.807, 2.05) is 25.7 Å². The SMILES string of the molecule is CC1CCC(O)(CNCC2CCCN2C(=O)OC(C)(C)C)CC1. The monoisotopic (exact) mass is 326 g/mol. The summed E-state index contributed by atoms with van der Waals surface area (Å²) in [5.41, 5.74) is -1.02. The maximum atomic E-state index is 12.3. The Balaban J connectivity index is 1.77. The van der Waals surface area contributed by atoms with Gasteiger partial charge in [0.1, 0.15) is 5.60 Å². The van der Waals surface area contributed by atoms with Crippen LogP contribution in [0.5, 0.6) is 0 Å². The van der Waals surface area contributed by atoms with Crippen LogP contribution in [0.3, 0.4) is 0 Å². The van der Waals surface area contributed by atoms with E-state index in [0.29, 0.717) is 6.54 Å². The third kappa shape index (κ3) is 5.64. The first-order valence-electron chi connectivity index (χ1n) is 9.11. The molecule has 1 heterocycles. The molecule has 1 aliphatic carbocycles. The first-order chi connectivity index (χ1) is 10.7. The van der Waals surface area contributed by atoms with Gasteiger partial charge in [0.05, 0.1) is 5.60 Å². The van der Waals surface area contributed by atoms with Crippen LogP contribution in [0.25, 0.3) is 0 Å². The number of hydrogen-bond donors (Lipinski definition) is 2. The van der Waals surface area contributed by atoms with Crippen LogP contribution in [-0.4, -0.2) is 53.0 Å². The number of rotatable bonds is 4. The minimum atomic E-state index is -0.568. The van der Waals surface area contributed by atoms with Gasteiger partial charge in [-0.2, -0.15) is 0 Å². The fraction of sp³-hybridized carbons (Fsp3) is 0.944. The van der Waals surface area contributed by atoms with E-state index in [1.165, 1.54) is 0 Å². The molecule has 134 valence electrons. The smallest absolute Gasteiger partial charge is 0.410 e. The maximum Gasteiger partial charge on any atom is 0.410 e. The van der Waals surface area contributed by atoms with E-state index < -0.39 is 11.2 Å². The summed E-state index contributed by atoms with van der Waals surface area (Å²) in [6.07, 6.45) is 5.77. The van der Waals surface area contributed by atoms with Crippen molar-refractivity contribution in [3.05, 3.63) is 0 Å². The highest BCUT2D eigenvalue weighted by Gasteiger charge is 2.34. The molecule has 0 bridgehead atoms. The average Bonchev–Trinajstić information content (AvgIpc) is 2.89. The van der Waals surface area contributed by atoms with E-state index in [2.05, 4.69) is 12.2 Å². The van der Waals surface area contributed by atoms with Crippen molar-refractivity contribution in [2.45, 2.75) is 83.5 Å². The number of likely N-dealkylation sites (tertiary alicyclic amines) is 1. The predicted molar refractivity (Wildman–Crippen MR) is 91.4 cm³/mol. The first-order valence-corrected chi connectivity index (χ1v) is 9.11. The van der Waals surface area contributed by atoms with Crippen molar-refractivity contribution in [1.29, 1.82) is 0 Å². The minimum absolute atomic E-state index is 0.177. The standard InChI is InChI=1S/C18H34N2O3/c1-14-7-9-18(22,10-8-14)13-19-12-15-6-5-11-20(15)16(21)23-17(2,3)4/h14-15,19,22H,5-13H2,1-4H3. The van der Waals surface area contributed by atoms with Gasteiger partial charge in [-0.05, 0) is 65.2 Å².